The van der Waals surface area contributed by atoms with Gasteiger partial charge in [-0.2, -0.15) is 0 Å². The molecule has 0 bridgehead atoms. The zero-order chi connectivity index (χ0) is 26.1. The molecule has 36 heavy (non-hydrogen) atoms. The molecule has 4 heterocycles. The van der Waals surface area contributed by atoms with Crippen molar-refractivity contribution in [2.24, 2.45) is 5.73 Å². The van der Waals surface area contributed by atoms with Crippen LogP contribution in [0.5, 0.6) is 0 Å². The standard InChI is InChI=1S/C22H25N7O5S2/c1-10-15(27-22(24)35-10)18(28(2)34)19(30)26-16-12-5-6-14(17(21(32)33)29(12)20(16)31)36-13-4-3-9-25-11(13)7-8-23/h3-4,9,12,16H,5-8,23H2,1-2H3,(H2,24,27)(H,26,30)(H,32,33)/b28-18+/t12-,16?/m1/s1. The number of anilines is 1. The lowest BCUT2D eigenvalue weighted by molar-refractivity contribution is -0.421. The fourth-order valence-electron chi connectivity index (χ4n) is 4.35. The summed E-state index contributed by atoms with van der Waals surface area (Å²) in [6.07, 6.45) is 3.02. The normalized spacial score (nSPS) is 20.0. The average Bonchev–Trinajstić information content (AvgIpc) is 3.15. The van der Waals surface area contributed by atoms with Crippen LogP contribution in [0.2, 0.25) is 0 Å². The summed E-state index contributed by atoms with van der Waals surface area (Å²) in [5, 5.41) is 24.9. The van der Waals surface area contributed by atoms with Gasteiger partial charge in [0, 0.05) is 27.3 Å². The van der Waals surface area contributed by atoms with Gasteiger partial charge in [0.25, 0.3) is 5.91 Å². The van der Waals surface area contributed by atoms with Crippen LogP contribution >= 0.6 is 23.1 Å². The Morgan fingerprint density at radius 1 is 1.44 bits per heavy atom. The molecule has 1 saturated heterocycles. The number of rotatable bonds is 8. The van der Waals surface area contributed by atoms with E-state index in [2.05, 4.69) is 15.3 Å². The zero-order valence-corrected chi connectivity index (χ0v) is 21.2. The van der Waals surface area contributed by atoms with E-state index >= 15 is 0 Å². The van der Waals surface area contributed by atoms with E-state index in [9.17, 15) is 24.7 Å². The van der Waals surface area contributed by atoms with Crippen LogP contribution < -0.4 is 16.8 Å². The molecule has 0 saturated carbocycles. The molecule has 4 rings (SSSR count). The van der Waals surface area contributed by atoms with Gasteiger partial charge in [-0.05, 0) is 38.4 Å². The first-order valence-corrected chi connectivity index (χ1v) is 12.7. The number of thioether (sulfide) groups is 1. The Hall–Kier alpha value is -3.49. The van der Waals surface area contributed by atoms with Crippen molar-refractivity contribution in [3.63, 3.8) is 0 Å². The van der Waals surface area contributed by atoms with Crippen molar-refractivity contribution < 1.29 is 24.2 Å². The van der Waals surface area contributed by atoms with Gasteiger partial charge in [0.15, 0.2) is 10.8 Å². The number of nitrogens with zero attached hydrogens (tertiary/aromatic N) is 4. The van der Waals surface area contributed by atoms with Crippen molar-refractivity contribution in [1.29, 1.82) is 0 Å². The predicted octanol–water partition coefficient (Wildman–Crippen LogP) is 0.437. The van der Waals surface area contributed by atoms with Crippen molar-refractivity contribution in [3.8, 4) is 0 Å². The highest BCUT2D eigenvalue weighted by Crippen LogP contribution is 2.43. The summed E-state index contributed by atoms with van der Waals surface area (Å²) in [6.45, 7) is 2.08. The molecular weight excluding hydrogens is 506 g/mol. The summed E-state index contributed by atoms with van der Waals surface area (Å²) in [7, 11) is 1.16. The van der Waals surface area contributed by atoms with Crippen LogP contribution in [0, 0.1) is 12.1 Å². The number of fused-ring (bicyclic) bond motifs is 1. The first-order valence-electron chi connectivity index (χ1n) is 11.1. The Labute approximate surface area is 214 Å². The molecule has 2 aromatic rings. The molecule has 2 amide bonds. The van der Waals surface area contributed by atoms with Crippen molar-refractivity contribution in [2.45, 2.75) is 43.2 Å². The number of amides is 2. The van der Waals surface area contributed by atoms with Crippen molar-refractivity contribution >= 4 is 51.7 Å². The van der Waals surface area contributed by atoms with Crippen LogP contribution in [-0.4, -0.2) is 73.9 Å². The van der Waals surface area contributed by atoms with E-state index in [1.54, 1.807) is 19.2 Å². The third-order valence-corrected chi connectivity index (χ3v) is 7.95. The van der Waals surface area contributed by atoms with Crippen LogP contribution in [0.15, 0.2) is 33.8 Å². The minimum atomic E-state index is -1.23. The number of aromatic nitrogens is 2. The van der Waals surface area contributed by atoms with Crippen LogP contribution in [0.4, 0.5) is 5.13 Å². The molecule has 2 atom stereocenters. The highest BCUT2D eigenvalue weighted by molar-refractivity contribution is 8.03. The number of carboxylic acids is 1. The summed E-state index contributed by atoms with van der Waals surface area (Å²) >= 11 is 2.40. The second kappa shape index (κ2) is 10.2. The highest BCUT2D eigenvalue weighted by atomic mass is 32.2. The summed E-state index contributed by atoms with van der Waals surface area (Å²) in [5.41, 5.74) is 11.9. The van der Waals surface area contributed by atoms with Crippen molar-refractivity contribution in [1.82, 2.24) is 20.2 Å². The molecule has 14 heteroatoms. The molecule has 1 unspecified atom stereocenters. The maximum atomic E-state index is 13.1. The molecule has 0 aromatic carbocycles. The van der Waals surface area contributed by atoms with Crippen LogP contribution in [0.3, 0.4) is 0 Å². The lowest BCUT2D eigenvalue weighted by Gasteiger charge is -2.50. The predicted molar refractivity (Wildman–Crippen MR) is 134 cm³/mol. The average molecular weight is 532 g/mol. The number of carbonyl (C=O) groups is 3. The monoisotopic (exact) mass is 531 g/mol. The Morgan fingerprint density at radius 2 is 2.19 bits per heavy atom. The van der Waals surface area contributed by atoms with E-state index in [-0.39, 0.29) is 22.2 Å². The van der Waals surface area contributed by atoms with Gasteiger partial charge < -0.3 is 27.1 Å². The maximum Gasteiger partial charge on any atom is 0.353 e. The van der Waals surface area contributed by atoms with Gasteiger partial charge in [-0.25, -0.2) is 14.5 Å². The van der Waals surface area contributed by atoms with Crippen LogP contribution in [0.25, 0.3) is 0 Å². The van der Waals surface area contributed by atoms with E-state index < -0.39 is 29.9 Å². The number of hydrogen-bond acceptors (Lipinski definition) is 10. The quantitative estimate of drug-likeness (QED) is 0.122. The topological polar surface area (TPSA) is 191 Å². The van der Waals surface area contributed by atoms with Gasteiger partial charge in [-0.15, -0.1) is 11.3 Å². The third-order valence-electron chi connectivity index (χ3n) is 5.91. The Kier molecular flexibility index (Phi) is 7.28. The van der Waals surface area contributed by atoms with Gasteiger partial charge in [0.2, 0.25) is 0 Å². The molecular formula is C22H25N7O5S2. The first-order chi connectivity index (χ1) is 17.1. The number of β-lactam (4-membered cyclic amide) rings is 1. The minimum Gasteiger partial charge on any atom is -0.623 e. The molecule has 2 aromatic heterocycles. The Balaban J connectivity index is 1.57. The number of nitrogens with two attached hydrogens (primary N) is 2. The van der Waals surface area contributed by atoms with Crippen molar-refractivity contribution in [2.75, 3.05) is 19.3 Å². The van der Waals surface area contributed by atoms with Gasteiger partial charge in [-0.3, -0.25) is 19.5 Å². The lowest BCUT2D eigenvalue weighted by Crippen LogP contribution is -2.72. The van der Waals surface area contributed by atoms with Gasteiger partial charge in [-0.1, -0.05) is 11.8 Å². The fourth-order valence-corrected chi connectivity index (χ4v) is 6.22. The number of aliphatic carboxylic acids is 1. The maximum absolute atomic E-state index is 13.1. The van der Waals surface area contributed by atoms with Crippen LogP contribution in [0.1, 0.15) is 29.1 Å². The lowest BCUT2D eigenvalue weighted by atomic mass is 9.86. The van der Waals surface area contributed by atoms with Gasteiger partial charge in [0.1, 0.15) is 18.8 Å². The Morgan fingerprint density at radius 3 is 2.81 bits per heavy atom. The fraction of sp³-hybridized carbons (Fsp3) is 0.364. The van der Waals surface area contributed by atoms with Crippen LogP contribution in [-0.2, 0) is 20.8 Å². The van der Waals surface area contributed by atoms with Crippen molar-refractivity contribution in [3.05, 3.63) is 50.4 Å². The first kappa shape index (κ1) is 25.6. The molecule has 190 valence electrons. The molecule has 2 aliphatic heterocycles. The second-order valence-corrected chi connectivity index (χ2v) is 10.6. The number of hydroxylamine groups is 1. The Bertz CT molecular complexity index is 1300. The number of carboxylic acid groups (broad SMARTS) is 1. The number of aryl methyl sites for hydroxylation is 1. The molecule has 2 aliphatic rings. The number of thiazole rings is 1. The van der Waals surface area contributed by atoms with E-state index in [4.69, 9.17) is 11.5 Å². The molecule has 6 N–H and O–H groups in total. The third kappa shape index (κ3) is 4.66. The highest BCUT2D eigenvalue weighted by Gasteiger charge is 2.54. The summed E-state index contributed by atoms with van der Waals surface area (Å²) in [5.74, 6) is -2.56. The molecule has 0 spiro atoms. The number of allylic oxidation sites excluding steroid dienone is 1. The number of hydrogen-bond donors (Lipinski definition) is 4. The minimum absolute atomic E-state index is 0.109. The number of nitrogen functional groups attached to an aromatic ring is 1. The zero-order valence-electron chi connectivity index (χ0n) is 19.6. The molecule has 0 aliphatic carbocycles. The number of nitrogens with one attached hydrogen (secondary N) is 1. The summed E-state index contributed by atoms with van der Waals surface area (Å²) in [4.78, 5) is 49.8. The second-order valence-electron chi connectivity index (χ2n) is 8.23. The van der Waals surface area contributed by atoms with Gasteiger partial charge in [0.05, 0.1) is 11.7 Å². The number of carbonyl (C=O) groups excluding carboxylic acids is 2. The summed E-state index contributed by atoms with van der Waals surface area (Å²) in [6, 6.07) is 2.09. The SMILES string of the molecule is Cc1sc(N)nc1/C(C(=O)NC1C(=O)N2C(C(=O)O)=C(Sc3cccnc3CCN)CC[C@H]12)=[N+](/C)[O-]. The summed E-state index contributed by atoms with van der Waals surface area (Å²) < 4.78 is 0.378. The molecule has 1 fully saturated rings. The van der Waals surface area contributed by atoms with E-state index in [0.717, 1.165) is 29.0 Å². The molecule has 0 radical (unpaired) electrons. The van der Waals surface area contributed by atoms with E-state index in [1.165, 1.54) is 16.7 Å². The van der Waals surface area contributed by atoms with Gasteiger partial charge >= 0.3 is 17.6 Å². The van der Waals surface area contributed by atoms with E-state index in [0.29, 0.717) is 40.3 Å². The van der Waals surface area contributed by atoms with E-state index in [1.807, 2.05) is 6.07 Å². The smallest absolute Gasteiger partial charge is 0.353 e. The molecule has 12 nitrogen and oxygen atoms in total. The number of pyridine rings is 1. The largest absolute Gasteiger partial charge is 0.623 e.